The fourth-order valence-electron chi connectivity index (χ4n) is 4.16. The number of nitrogens with one attached hydrogen (secondary N) is 1. The first-order valence-electron chi connectivity index (χ1n) is 11.6. The number of anilines is 1. The van der Waals surface area contributed by atoms with Gasteiger partial charge in [-0.05, 0) is 66.2 Å². The van der Waals surface area contributed by atoms with Gasteiger partial charge in [-0.1, -0.05) is 45.0 Å². The van der Waals surface area contributed by atoms with E-state index in [0.717, 1.165) is 63.2 Å². The summed E-state index contributed by atoms with van der Waals surface area (Å²) < 4.78 is 4.59. The number of fused-ring (bicyclic) bond motifs is 1. The Morgan fingerprint density at radius 2 is 1.70 bits per heavy atom. The average Bonchev–Trinajstić information content (AvgIpc) is 3.23. The summed E-state index contributed by atoms with van der Waals surface area (Å²) in [5.74, 6) is 0.0239. The fourth-order valence-corrected chi connectivity index (χ4v) is 5.08. The first kappa shape index (κ1) is 25.5. The van der Waals surface area contributed by atoms with Crippen molar-refractivity contribution in [3.8, 4) is 0 Å². The molecule has 1 aliphatic heterocycles. The molecule has 0 spiro atoms. The number of rotatable bonds is 7. The SMILES string of the molecule is CC(C)(C)c1ccc(C(=O)NCCCCN2CCN(c3snc4ccccc34)CC2)cc1.Cl. The summed E-state index contributed by atoms with van der Waals surface area (Å²) in [5, 5.41) is 5.64. The molecular weight excluding hydrogens is 452 g/mol. The summed E-state index contributed by atoms with van der Waals surface area (Å²) in [6.45, 7) is 12.6. The zero-order valence-corrected chi connectivity index (χ0v) is 21.5. The molecule has 33 heavy (non-hydrogen) atoms. The van der Waals surface area contributed by atoms with Crippen LogP contribution < -0.4 is 10.2 Å². The standard InChI is InChI=1S/C26H34N4OS.ClH/c1-26(2,3)21-12-10-20(11-13-21)24(31)27-14-6-7-15-29-16-18-30(19-17-29)25-22-8-4-5-9-23(22)28-32-25;/h4-5,8-13H,6-7,14-19H2,1-3H3,(H,27,31);1H. The van der Waals surface area contributed by atoms with E-state index in [-0.39, 0.29) is 23.7 Å². The van der Waals surface area contributed by atoms with E-state index < -0.39 is 0 Å². The Morgan fingerprint density at radius 1 is 1.00 bits per heavy atom. The van der Waals surface area contributed by atoms with Gasteiger partial charge in [0.25, 0.3) is 5.91 Å². The molecule has 4 rings (SSSR count). The predicted molar refractivity (Wildman–Crippen MR) is 142 cm³/mol. The molecule has 3 aromatic rings. The van der Waals surface area contributed by atoms with Crippen LogP contribution in [-0.4, -0.2) is 54.4 Å². The van der Waals surface area contributed by atoms with Crippen molar-refractivity contribution in [1.29, 1.82) is 0 Å². The van der Waals surface area contributed by atoms with Crippen LogP contribution in [0.1, 0.15) is 49.5 Å². The van der Waals surface area contributed by atoms with Crippen LogP contribution in [0.5, 0.6) is 0 Å². The Labute approximate surface area is 207 Å². The molecule has 0 atom stereocenters. The normalized spacial score (nSPS) is 14.8. The van der Waals surface area contributed by atoms with Gasteiger partial charge in [0, 0.05) is 43.7 Å². The summed E-state index contributed by atoms with van der Waals surface area (Å²) in [6.07, 6.45) is 2.11. The van der Waals surface area contributed by atoms with Gasteiger partial charge in [-0.3, -0.25) is 9.69 Å². The zero-order chi connectivity index (χ0) is 22.6. The van der Waals surface area contributed by atoms with Crippen LogP contribution in [0, 0.1) is 0 Å². The van der Waals surface area contributed by atoms with Crippen molar-refractivity contribution in [3.63, 3.8) is 0 Å². The number of benzene rings is 2. The molecule has 1 saturated heterocycles. The van der Waals surface area contributed by atoms with E-state index in [4.69, 9.17) is 0 Å². The van der Waals surface area contributed by atoms with Crippen LogP contribution in [0.3, 0.4) is 0 Å². The minimum atomic E-state index is 0. The van der Waals surface area contributed by atoms with Crippen molar-refractivity contribution in [1.82, 2.24) is 14.6 Å². The maximum absolute atomic E-state index is 12.4. The molecule has 1 N–H and O–H groups in total. The molecule has 2 heterocycles. The quantitative estimate of drug-likeness (QED) is 0.457. The van der Waals surface area contributed by atoms with Gasteiger partial charge in [0.2, 0.25) is 0 Å². The number of halogens is 1. The molecule has 7 heteroatoms. The summed E-state index contributed by atoms with van der Waals surface area (Å²) in [7, 11) is 0. The molecule has 178 valence electrons. The second-order valence-electron chi connectivity index (χ2n) is 9.62. The van der Waals surface area contributed by atoms with Crippen molar-refractivity contribution in [2.75, 3.05) is 44.2 Å². The van der Waals surface area contributed by atoms with Gasteiger partial charge in [-0.25, -0.2) is 0 Å². The third-order valence-electron chi connectivity index (χ3n) is 6.22. The van der Waals surface area contributed by atoms with Crippen LogP contribution in [0.25, 0.3) is 10.9 Å². The molecule has 0 radical (unpaired) electrons. The molecule has 1 aliphatic rings. The highest BCUT2D eigenvalue weighted by Crippen LogP contribution is 2.31. The highest BCUT2D eigenvalue weighted by Gasteiger charge is 2.20. The molecule has 0 unspecified atom stereocenters. The van der Waals surface area contributed by atoms with Crippen molar-refractivity contribution in [2.45, 2.75) is 39.0 Å². The lowest BCUT2D eigenvalue weighted by atomic mass is 9.87. The van der Waals surface area contributed by atoms with Crippen molar-refractivity contribution >= 4 is 45.8 Å². The molecule has 1 aromatic heterocycles. The highest BCUT2D eigenvalue weighted by molar-refractivity contribution is 7.11. The Hall–Kier alpha value is -2.15. The van der Waals surface area contributed by atoms with Gasteiger partial charge in [-0.2, -0.15) is 4.37 Å². The van der Waals surface area contributed by atoms with E-state index >= 15 is 0 Å². The number of carbonyl (C=O) groups excluding carboxylic acids is 1. The number of hydrogen-bond donors (Lipinski definition) is 1. The Kier molecular flexibility index (Phi) is 8.74. The van der Waals surface area contributed by atoms with Crippen LogP contribution >= 0.6 is 23.9 Å². The maximum atomic E-state index is 12.4. The van der Waals surface area contributed by atoms with Crippen LogP contribution in [0.15, 0.2) is 48.5 Å². The van der Waals surface area contributed by atoms with E-state index in [1.165, 1.54) is 16.0 Å². The number of nitrogens with zero attached hydrogens (tertiary/aromatic N) is 3. The minimum absolute atomic E-state index is 0. The molecule has 5 nitrogen and oxygen atoms in total. The van der Waals surface area contributed by atoms with E-state index in [2.05, 4.69) is 76.7 Å². The molecule has 0 bridgehead atoms. The zero-order valence-electron chi connectivity index (χ0n) is 19.8. The van der Waals surface area contributed by atoms with Crippen molar-refractivity contribution in [2.24, 2.45) is 0 Å². The minimum Gasteiger partial charge on any atom is -0.359 e. The Bertz CT molecular complexity index is 1040. The number of amides is 1. The van der Waals surface area contributed by atoms with Crippen LogP contribution in [-0.2, 0) is 5.41 Å². The first-order valence-corrected chi connectivity index (χ1v) is 12.4. The molecule has 2 aromatic carbocycles. The van der Waals surface area contributed by atoms with E-state index in [0.29, 0.717) is 0 Å². The lowest BCUT2D eigenvalue weighted by Crippen LogP contribution is -2.46. The second kappa shape index (κ2) is 11.3. The van der Waals surface area contributed by atoms with Gasteiger partial charge in [0.15, 0.2) is 0 Å². The topological polar surface area (TPSA) is 48.5 Å². The van der Waals surface area contributed by atoms with Crippen molar-refractivity contribution in [3.05, 3.63) is 59.7 Å². The number of carbonyl (C=O) groups is 1. The van der Waals surface area contributed by atoms with E-state index in [1.807, 2.05) is 12.1 Å². The first-order chi connectivity index (χ1) is 15.4. The molecule has 1 fully saturated rings. The van der Waals surface area contributed by atoms with Crippen LogP contribution in [0.2, 0.25) is 0 Å². The van der Waals surface area contributed by atoms with Gasteiger partial charge in [-0.15, -0.1) is 12.4 Å². The number of hydrogen-bond acceptors (Lipinski definition) is 5. The average molecular weight is 487 g/mol. The lowest BCUT2D eigenvalue weighted by molar-refractivity contribution is 0.0952. The Balaban J connectivity index is 0.00000306. The predicted octanol–water partition coefficient (Wildman–Crippen LogP) is 5.35. The second-order valence-corrected chi connectivity index (χ2v) is 10.4. The molecule has 0 saturated carbocycles. The van der Waals surface area contributed by atoms with Crippen LogP contribution in [0.4, 0.5) is 5.00 Å². The fraction of sp³-hybridized carbons (Fsp3) is 0.462. The third kappa shape index (κ3) is 6.46. The van der Waals surface area contributed by atoms with E-state index in [9.17, 15) is 4.79 Å². The van der Waals surface area contributed by atoms with Gasteiger partial charge < -0.3 is 10.2 Å². The largest absolute Gasteiger partial charge is 0.359 e. The summed E-state index contributed by atoms with van der Waals surface area (Å²) in [6, 6.07) is 16.4. The molecular formula is C26H35ClN4OS. The summed E-state index contributed by atoms with van der Waals surface area (Å²) in [4.78, 5) is 17.4. The Morgan fingerprint density at radius 3 is 2.39 bits per heavy atom. The lowest BCUT2D eigenvalue weighted by Gasteiger charge is -2.35. The molecule has 0 aliphatic carbocycles. The van der Waals surface area contributed by atoms with E-state index in [1.54, 1.807) is 11.5 Å². The van der Waals surface area contributed by atoms with Gasteiger partial charge in [0.05, 0.1) is 5.52 Å². The summed E-state index contributed by atoms with van der Waals surface area (Å²) >= 11 is 1.61. The maximum Gasteiger partial charge on any atom is 0.251 e. The third-order valence-corrected chi connectivity index (χ3v) is 7.16. The number of unbranched alkanes of at least 4 members (excludes halogenated alkanes) is 1. The van der Waals surface area contributed by atoms with Gasteiger partial charge in [0.1, 0.15) is 5.00 Å². The van der Waals surface area contributed by atoms with Crippen molar-refractivity contribution < 1.29 is 4.79 Å². The smallest absolute Gasteiger partial charge is 0.251 e. The molecule has 1 amide bonds. The number of aromatic nitrogens is 1. The monoisotopic (exact) mass is 486 g/mol. The highest BCUT2D eigenvalue weighted by atomic mass is 35.5. The number of piperazine rings is 1. The van der Waals surface area contributed by atoms with Gasteiger partial charge >= 0.3 is 0 Å². The summed E-state index contributed by atoms with van der Waals surface area (Å²) in [5.41, 5.74) is 3.19.